The Morgan fingerprint density at radius 2 is 2.07 bits per heavy atom. The fourth-order valence-electron chi connectivity index (χ4n) is 0.831. The van der Waals surface area contributed by atoms with Crippen LogP contribution in [-0.2, 0) is 0 Å². The van der Waals surface area contributed by atoms with Gasteiger partial charge in [0.2, 0.25) is 0 Å². The largest absolute Gasteiger partial charge is 0.254 e. The molecule has 3 nitrogen and oxygen atoms in total. The smallest absolute Gasteiger partial charge is 0.194 e. The maximum absolute atomic E-state index is 13.1. The molecule has 2 aromatic rings. The SMILES string of the molecule is Fc1ccccc1SSc1ncn[nH]1. The molecule has 0 aliphatic heterocycles. The highest BCUT2D eigenvalue weighted by Crippen LogP contribution is 2.36. The number of benzene rings is 1. The Hall–Kier alpha value is -1.01. The number of nitrogens with one attached hydrogen (secondary N) is 1. The molecule has 0 aliphatic rings. The molecule has 0 spiro atoms. The first kappa shape index (κ1) is 9.54. The molecule has 2 rings (SSSR count). The third-order valence-electron chi connectivity index (χ3n) is 1.44. The van der Waals surface area contributed by atoms with Gasteiger partial charge in [-0.2, -0.15) is 5.10 Å². The van der Waals surface area contributed by atoms with Gasteiger partial charge >= 0.3 is 0 Å². The summed E-state index contributed by atoms with van der Waals surface area (Å²) in [6, 6.07) is 6.62. The van der Waals surface area contributed by atoms with Crippen molar-refractivity contribution in [2.24, 2.45) is 0 Å². The molecule has 0 unspecified atom stereocenters. The molecule has 14 heavy (non-hydrogen) atoms. The van der Waals surface area contributed by atoms with E-state index in [0.717, 1.165) is 0 Å². The van der Waals surface area contributed by atoms with Gasteiger partial charge in [-0.3, -0.25) is 5.10 Å². The summed E-state index contributed by atoms with van der Waals surface area (Å²) >= 11 is 0. The summed E-state index contributed by atoms with van der Waals surface area (Å²) in [5, 5.41) is 7.04. The summed E-state index contributed by atoms with van der Waals surface area (Å²) in [6.45, 7) is 0. The zero-order chi connectivity index (χ0) is 9.80. The predicted octanol–water partition coefficient (Wildman–Crippen LogP) is 2.74. The average molecular weight is 227 g/mol. The van der Waals surface area contributed by atoms with Crippen LogP contribution in [0.3, 0.4) is 0 Å². The number of H-pyrrole nitrogens is 1. The molecule has 0 aliphatic carbocycles. The summed E-state index contributed by atoms with van der Waals surface area (Å²) in [4.78, 5) is 4.51. The van der Waals surface area contributed by atoms with Crippen molar-refractivity contribution in [2.45, 2.75) is 10.1 Å². The van der Waals surface area contributed by atoms with E-state index in [2.05, 4.69) is 15.2 Å². The van der Waals surface area contributed by atoms with Gasteiger partial charge < -0.3 is 0 Å². The van der Waals surface area contributed by atoms with E-state index in [1.165, 1.54) is 34.0 Å². The second kappa shape index (κ2) is 4.47. The fourth-order valence-corrected chi connectivity index (χ4v) is 2.61. The van der Waals surface area contributed by atoms with Gasteiger partial charge in [0.1, 0.15) is 12.1 Å². The Balaban J connectivity index is 2.02. The molecular formula is C8H6FN3S2. The summed E-state index contributed by atoms with van der Waals surface area (Å²) in [6.07, 6.45) is 1.42. The molecule has 0 fully saturated rings. The Labute approximate surface area is 87.9 Å². The lowest BCUT2D eigenvalue weighted by molar-refractivity contribution is 0.602. The monoisotopic (exact) mass is 227 g/mol. The minimum atomic E-state index is -0.218. The Morgan fingerprint density at radius 1 is 1.21 bits per heavy atom. The number of nitrogens with zero attached hydrogens (tertiary/aromatic N) is 2. The molecule has 1 aromatic carbocycles. The summed E-state index contributed by atoms with van der Waals surface area (Å²) in [5.41, 5.74) is 0. The lowest BCUT2D eigenvalue weighted by Gasteiger charge is -1.98. The van der Waals surface area contributed by atoms with Crippen LogP contribution < -0.4 is 0 Å². The molecule has 0 saturated heterocycles. The van der Waals surface area contributed by atoms with Gasteiger partial charge in [-0.05, 0) is 33.7 Å². The van der Waals surface area contributed by atoms with Crippen LogP contribution >= 0.6 is 21.6 Å². The second-order valence-corrected chi connectivity index (χ2v) is 4.55. The molecular weight excluding hydrogens is 221 g/mol. The number of hydrogen-bond donors (Lipinski definition) is 1. The summed E-state index contributed by atoms with van der Waals surface area (Å²) < 4.78 is 13.1. The maximum atomic E-state index is 13.1. The van der Waals surface area contributed by atoms with Gasteiger partial charge in [0, 0.05) is 0 Å². The normalized spacial score (nSPS) is 10.4. The van der Waals surface area contributed by atoms with E-state index in [4.69, 9.17) is 0 Å². The minimum Gasteiger partial charge on any atom is -0.254 e. The van der Waals surface area contributed by atoms with Crippen LogP contribution in [0.15, 0.2) is 40.6 Å². The van der Waals surface area contributed by atoms with Crippen molar-refractivity contribution in [1.29, 1.82) is 0 Å². The predicted molar refractivity (Wildman–Crippen MR) is 54.5 cm³/mol. The van der Waals surface area contributed by atoms with Crippen LogP contribution in [0.1, 0.15) is 0 Å². The zero-order valence-electron chi connectivity index (χ0n) is 6.98. The third-order valence-corrected chi connectivity index (χ3v) is 3.65. The van der Waals surface area contributed by atoms with Crippen LogP contribution in [0.2, 0.25) is 0 Å². The van der Waals surface area contributed by atoms with E-state index in [-0.39, 0.29) is 5.82 Å². The first-order valence-electron chi connectivity index (χ1n) is 3.80. The molecule has 0 amide bonds. The van der Waals surface area contributed by atoms with Crippen LogP contribution in [-0.4, -0.2) is 15.2 Å². The molecule has 6 heteroatoms. The van der Waals surface area contributed by atoms with Crippen molar-refractivity contribution in [2.75, 3.05) is 0 Å². The fraction of sp³-hybridized carbons (Fsp3) is 0. The zero-order valence-corrected chi connectivity index (χ0v) is 8.61. The van der Waals surface area contributed by atoms with Crippen LogP contribution in [0, 0.1) is 5.82 Å². The van der Waals surface area contributed by atoms with Gasteiger partial charge in [-0.25, -0.2) is 9.37 Å². The summed E-state index contributed by atoms with van der Waals surface area (Å²) in [5.74, 6) is -0.218. The van der Waals surface area contributed by atoms with Gasteiger partial charge in [0.05, 0.1) is 4.90 Å². The maximum Gasteiger partial charge on any atom is 0.194 e. The molecule has 0 radical (unpaired) electrons. The van der Waals surface area contributed by atoms with E-state index in [9.17, 15) is 4.39 Å². The van der Waals surface area contributed by atoms with E-state index >= 15 is 0 Å². The van der Waals surface area contributed by atoms with Crippen molar-refractivity contribution in [3.8, 4) is 0 Å². The highest BCUT2D eigenvalue weighted by molar-refractivity contribution is 8.76. The minimum absolute atomic E-state index is 0.218. The second-order valence-electron chi connectivity index (χ2n) is 2.39. The first-order valence-corrected chi connectivity index (χ1v) is 5.95. The molecule has 72 valence electrons. The van der Waals surface area contributed by atoms with Gasteiger partial charge in [0.25, 0.3) is 0 Å². The van der Waals surface area contributed by atoms with Crippen molar-refractivity contribution in [3.05, 3.63) is 36.4 Å². The number of aromatic amines is 1. The number of halogens is 1. The van der Waals surface area contributed by atoms with Crippen molar-refractivity contribution < 1.29 is 4.39 Å². The van der Waals surface area contributed by atoms with E-state index in [0.29, 0.717) is 10.1 Å². The van der Waals surface area contributed by atoms with E-state index in [1.54, 1.807) is 18.2 Å². The lowest BCUT2D eigenvalue weighted by atomic mass is 10.4. The highest BCUT2D eigenvalue weighted by atomic mass is 33.1. The number of rotatable bonds is 3. The quantitative estimate of drug-likeness (QED) is 0.819. The Kier molecular flexibility index (Phi) is 3.05. The van der Waals surface area contributed by atoms with Crippen LogP contribution in [0.25, 0.3) is 0 Å². The molecule has 0 saturated carbocycles. The summed E-state index contributed by atoms with van der Waals surface area (Å²) in [7, 11) is 2.65. The van der Waals surface area contributed by atoms with Crippen molar-refractivity contribution >= 4 is 21.6 Å². The van der Waals surface area contributed by atoms with Gasteiger partial charge in [-0.15, -0.1) is 0 Å². The highest BCUT2D eigenvalue weighted by Gasteiger charge is 2.03. The lowest BCUT2D eigenvalue weighted by Crippen LogP contribution is -1.77. The number of hydrogen-bond acceptors (Lipinski definition) is 4. The first-order chi connectivity index (χ1) is 6.86. The molecule has 0 bridgehead atoms. The van der Waals surface area contributed by atoms with Crippen LogP contribution in [0.4, 0.5) is 4.39 Å². The van der Waals surface area contributed by atoms with Crippen molar-refractivity contribution in [3.63, 3.8) is 0 Å². The third kappa shape index (κ3) is 2.27. The van der Waals surface area contributed by atoms with Crippen LogP contribution in [0.5, 0.6) is 0 Å². The Bertz CT molecular complexity index is 405. The average Bonchev–Trinajstić information content (AvgIpc) is 2.69. The topological polar surface area (TPSA) is 41.6 Å². The van der Waals surface area contributed by atoms with Crippen molar-refractivity contribution in [1.82, 2.24) is 15.2 Å². The molecule has 1 heterocycles. The molecule has 1 N–H and O–H groups in total. The standard InChI is InChI=1S/C8H6FN3S2/c9-6-3-1-2-4-7(6)13-14-8-10-5-11-12-8/h1-5H,(H,10,11,12). The Morgan fingerprint density at radius 3 is 2.79 bits per heavy atom. The van der Waals surface area contributed by atoms with Gasteiger partial charge in [-0.1, -0.05) is 12.1 Å². The number of aromatic nitrogens is 3. The van der Waals surface area contributed by atoms with E-state index in [1.807, 2.05) is 0 Å². The molecule has 1 aromatic heterocycles. The van der Waals surface area contributed by atoms with Gasteiger partial charge in [0.15, 0.2) is 5.16 Å². The molecule has 0 atom stereocenters. The van der Waals surface area contributed by atoms with E-state index < -0.39 is 0 Å².